The molecule has 174 valence electrons. The van der Waals surface area contributed by atoms with Crippen LogP contribution in [0.25, 0.3) is 0 Å². The Labute approximate surface area is 183 Å². The molecule has 0 aromatic rings. The van der Waals surface area contributed by atoms with Crippen LogP contribution in [0.4, 0.5) is 0 Å². The van der Waals surface area contributed by atoms with E-state index >= 15 is 0 Å². The summed E-state index contributed by atoms with van der Waals surface area (Å²) in [5.41, 5.74) is 0. The molecule has 31 heavy (non-hydrogen) atoms. The van der Waals surface area contributed by atoms with Crippen LogP contribution in [0, 0.1) is 23.7 Å². The summed E-state index contributed by atoms with van der Waals surface area (Å²) in [5.74, 6) is -2.19. The van der Waals surface area contributed by atoms with E-state index in [1.54, 1.807) is 0 Å². The third-order valence-electron chi connectivity index (χ3n) is 7.19. The van der Waals surface area contributed by atoms with Gasteiger partial charge in [-0.3, -0.25) is 19.2 Å². The van der Waals surface area contributed by atoms with Gasteiger partial charge in [-0.15, -0.1) is 0 Å². The summed E-state index contributed by atoms with van der Waals surface area (Å²) >= 11 is 0. The van der Waals surface area contributed by atoms with Crippen LogP contribution >= 0.6 is 0 Å². The number of methoxy groups -OCH3 is 1. The lowest BCUT2D eigenvalue weighted by Gasteiger charge is -2.32. The molecule has 0 bridgehead atoms. The lowest BCUT2D eigenvalue weighted by Crippen LogP contribution is -2.34. The second kappa shape index (κ2) is 11.0. The number of carboxylic acids is 1. The van der Waals surface area contributed by atoms with Crippen LogP contribution in [0.3, 0.4) is 0 Å². The van der Waals surface area contributed by atoms with Crippen molar-refractivity contribution in [3.63, 3.8) is 0 Å². The quantitative estimate of drug-likeness (QED) is 0.496. The monoisotopic (exact) mass is 438 g/mol. The molecule has 0 amide bonds. The first kappa shape index (κ1) is 23.5. The average molecular weight is 439 g/mol. The zero-order chi connectivity index (χ0) is 22.4. The molecule has 0 unspecified atom stereocenters. The fourth-order valence-corrected chi connectivity index (χ4v) is 5.10. The van der Waals surface area contributed by atoms with E-state index in [0.717, 1.165) is 0 Å². The molecule has 8 nitrogen and oxygen atoms in total. The van der Waals surface area contributed by atoms with Gasteiger partial charge in [-0.25, -0.2) is 0 Å². The molecular weight excluding hydrogens is 404 g/mol. The zero-order valence-corrected chi connectivity index (χ0v) is 18.3. The van der Waals surface area contributed by atoms with Crippen LogP contribution in [0.2, 0.25) is 0 Å². The van der Waals surface area contributed by atoms with Crippen LogP contribution in [-0.2, 0) is 33.4 Å². The van der Waals surface area contributed by atoms with E-state index < -0.39 is 5.97 Å². The zero-order valence-electron chi connectivity index (χ0n) is 18.3. The summed E-state index contributed by atoms with van der Waals surface area (Å²) in [6, 6.07) is 0. The Morgan fingerprint density at radius 2 is 0.871 bits per heavy atom. The third kappa shape index (κ3) is 6.43. The molecule has 3 aliphatic carbocycles. The van der Waals surface area contributed by atoms with Crippen molar-refractivity contribution in [2.75, 3.05) is 7.11 Å². The van der Waals surface area contributed by atoms with Crippen molar-refractivity contribution in [1.29, 1.82) is 0 Å². The molecule has 8 heteroatoms. The van der Waals surface area contributed by atoms with Gasteiger partial charge >= 0.3 is 23.9 Å². The highest BCUT2D eigenvalue weighted by molar-refractivity contribution is 5.75. The number of ether oxygens (including phenoxy) is 3. The minimum absolute atomic E-state index is 0.0933. The Morgan fingerprint density at radius 3 is 1.23 bits per heavy atom. The van der Waals surface area contributed by atoms with Crippen molar-refractivity contribution in [2.45, 2.75) is 89.3 Å². The van der Waals surface area contributed by atoms with Gasteiger partial charge in [0.05, 0.1) is 30.8 Å². The molecule has 0 aromatic carbocycles. The molecule has 0 heterocycles. The summed E-state index contributed by atoms with van der Waals surface area (Å²) in [6.45, 7) is 0. The van der Waals surface area contributed by atoms with E-state index in [1.807, 2.05) is 0 Å². The highest BCUT2D eigenvalue weighted by Gasteiger charge is 2.35. The summed E-state index contributed by atoms with van der Waals surface area (Å²) in [7, 11) is 1.39. The molecule has 0 saturated heterocycles. The maximum absolute atomic E-state index is 12.5. The Morgan fingerprint density at radius 1 is 0.548 bits per heavy atom. The topological polar surface area (TPSA) is 116 Å². The number of carboxylic acid groups (broad SMARTS) is 1. The Bertz CT molecular complexity index is 650. The fraction of sp³-hybridized carbons (Fsp3) is 0.826. The number of hydrogen-bond acceptors (Lipinski definition) is 7. The maximum Gasteiger partial charge on any atom is 0.309 e. The van der Waals surface area contributed by atoms with Crippen molar-refractivity contribution < 1.29 is 38.5 Å². The standard InChI is InChI=1S/C23H34O8/c1-29-21(26)15-6-10-18(11-7-15)31-23(28)17-8-12-19(13-9-17)30-22(27)16-4-2-14(3-5-16)20(24)25/h14-19H,2-13H2,1H3,(H,24,25). The molecule has 3 fully saturated rings. The number of carbonyl (C=O) groups excluding carboxylic acids is 3. The van der Waals surface area contributed by atoms with Crippen molar-refractivity contribution in [3.8, 4) is 0 Å². The summed E-state index contributed by atoms with van der Waals surface area (Å²) in [6.07, 6.45) is 7.16. The molecule has 0 radical (unpaired) electrons. The molecule has 3 rings (SSSR count). The molecule has 0 aliphatic heterocycles. The second-order valence-electron chi connectivity index (χ2n) is 9.23. The van der Waals surface area contributed by atoms with Crippen molar-refractivity contribution in [2.24, 2.45) is 23.7 Å². The second-order valence-corrected chi connectivity index (χ2v) is 9.23. The smallest absolute Gasteiger partial charge is 0.309 e. The first-order valence-electron chi connectivity index (χ1n) is 11.6. The molecular formula is C23H34O8. The van der Waals surface area contributed by atoms with Gasteiger partial charge in [0, 0.05) is 0 Å². The Kier molecular flexibility index (Phi) is 8.32. The van der Waals surface area contributed by atoms with E-state index in [2.05, 4.69) is 0 Å². The highest BCUT2D eigenvalue weighted by Crippen LogP contribution is 2.33. The van der Waals surface area contributed by atoms with Crippen LogP contribution in [0.15, 0.2) is 0 Å². The SMILES string of the molecule is COC(=O)C1CCC(OC(=O)C2CCC(OC(=O)C3CCC(C(=O)O)CC3)CC2)CC1. The fourth-order valence-electron chi connectivity index (χ4n) is 5.10. The van der Waals surface area contributed by atoms with E-state index in [4.69, 9.17) is 19.3 Å². The first-order chi connectivity index (χ1) is 14.9. The number of carbonyl (C=O) groups is 4. The van der Waals surface area contributed by atoms with Crippen LogP contribution in [0.1, 0.15) is 77.0 Å². The number of rotatable bonds is 6. The van der Waals surface area contributed by atoms with Gasteiger partial charge in [-0.1, -0.05) is 0 Å². The predicted molar refractivity (Wildman–Crippen MR) is 109 cm³/mol. The van der Waals surface area contributed by atoms with Crippen molar-refractivity contribution in [1.82, 2.24) is 0 Å². The number of esters is 3. The van der Waals surface area contributed by atoms with Gasteiger partial charge < -0.3 is 19.3 Å². The molecule has 3 aliphatic rings. The van der Waals surface area contributed by atoms with Gasteiger partial charge in [0.1, 0.15) is 12.2 Å². The molecule has 0 aromatic heterocycles. The van der Waals surface area contributed by atoms with E-state index in [-0.39, 0.29) is 53.8 Å². The normalized spacial score (nSPS) is 33.7. The molecule has 1 N–H and O–H groups in total. The molecule has 0 atom stereocenters. The summed E-state index contributed by atoms with van der Waals surface area (Å²) in [5, 5.41) is 9.07. The van der Waals surface area contributed by atoms with Gasteiger partial charge in [0.25, 0.3) is 0 Å². The largest absolute Gasteiger partial charge is 0.481 e. The average Bonchev–Trinajstić information content (AvgIpc) is 2.79. The first-order valence-corrected chi connectivity index (χ1v) is 11.6. The predicted octanol–water partition coefficient (Wildman–Crippen LogP) is 3.25. The highest BCUT2D eigenvalue weighted by atomic mass is 16.6. The van der Waals surface area contributed by atoms with Gasteiger partial charge in [-0.05, 0) is 77.0 Å². The molecule has 3 saturated carbocycles. The van der Waals surface area contributed by atoms with E-state index in [1.165, 1.54) is 7.11 Å². The number of aliphatic carboxylic acids is 1. The molecule has 0 spiro atoms. The summed E-state index contributed by atoms with van der Waals surface area (Å²) in [4.78, 5) is 47.6. The maximum atomic E-state index is 12.5. The van der Waals surface area contributed by atoms with Crippen molar-refractivity contribution >= 4 is 23.9 Å². The van der Waals surface area contributed by atoms with Gasteiger partial charge in [-0.2, -0.15) is 0 Å². The van der Waals surface area contributed by atoms with Gasteiger partial charge in [0.2, 0.25) is 0 Å². The van der Waals surface area contributed by atoms with Crippen LogP contribution in [0.5, 0.6) is 0 Å². The third-order valence-corrected chi connectivity index (χ3v) is 7.19. The minimum Gasteiger partial charge on any atom is -0.481 e. The lowest BCUT2D eigenvalue weighted by atomic mass is 9.82. The van der Waals surface area contributed by atoms with Crippen LogP contribution < -0.4 is 0 Å². The van der Waals surface area contributed by atoms with Crippen LogP contribution in [-0.4, -0.2) is 48.3 Å². The minimum atomic E-state index is -0.784. The van der Waals surface area contributed by atoms with Gasteiger partial charge in [0.15, 0.2) is 0 Å². The van der Waals surface area contributed by atoms with E-state index in [0.29, 0.717) is 77.0 Å². The van der Waals surface area contributed by atoms with Crippen molar-refractivity contribution in [3.05, 3.63) is 0 Å². The Hall–Kier alpha value is -2.12. The lowest BCUT2D eigenvalue weighted by molar-refractivity contribution is -0.163. The Balaban J connectivity index is 1.34. The number of hydrogen-bond donors (Lipinski definition) is 1. The summed E-state index contributed by atoms with van der Waals surface area (Å²) < 4.78 is 16.1. The van der Waals surface area contributed by atoms with E-state index in [9.17, 15) is 19.2 Å².